The minimum Gasteiger partial charge on any atom is -0.478 e. The highest BCUT2D eigenvalue weighted by atomic mass is 79.9. The normalized spacial score (nSPS) is 9.30. The van der Waals surface area contributed by atoms with E-state index in [9.17, 15) is 4.79 Å². The number of benzene rings is 1. The molecule has 1 aromatic rings. The van der Waals surface area contributed by atoms with Crippen LogP contribution in [0.4, 0.5) is 0 Å². The first-order valence-electron chi connectivity index (χ1n) is 2.60. The Morgan fingerprint density at radius 1 is 1.70 bits per heavy atom. The molecular weight excluding hydrogens is 196 g/mol. The van der Waals surface area contributed by atoms with Crippen LogP contribution < -0.4 is 0 Å². The highest BCUT2D eigenvalue weighted by Gasteiger charge is 2.00. The van der Waals surface area contributed by atoms with Crippen LogP contribution in [-0.4, -0.2) is 11.1 Å². The van der Waals surface area contributed by atoms with E-state index < -0.39 is 5.97 Å². The van der Waals surface area contributed by atoms with Gasteiger partial charge in [0.15, 0.2) is 0 Å². The zero-order valence-electron chi connectivity index (χ0n) is 4.97. The van der Waals surface area contributed by atoms with Gasteiger partial charge in [0.05, 0.1) is 5.56 Å². The topological polar surface area (TPSA) is 37.3 Å². The van der Waals surface area contributed by atoms with Crippen molar-refractivity contribution < 1.29 is 9.90 Å². The second kappa shape index (κ2) is 2.84. The Kier molecular flexibility index (Phi) is 2.06. The van der Waals surface area contributed by atoms with Crippen LogP contribution in [0, 0.1) is 6.07 Å². The van der Waals surface area contributed by atoms with Crippen LogP contribution in [0.3, 0.4) is 0 Å². The van der Waals surface area contributed by atoms with Crippen LogP contribution in [0.2, 0.25) is 0 Å². The second-order valence-electron chi connectivity index (χ2n) is 1.73. The summed E-state index contributed by atoms with van der Waals surface area (Å²) < 4.78 is 0.660. The number of hydrogen-bond donors (Lipinski definition) is 1. The third kappa shape index (κ3) is 1.57. The van der Waals surface area contributed by atoms with E-state index in [0.717, 1.165) is 0 Å². The maximum atomic E-state index is 10.3. The number of hydrogen-bond acceptors (Lipinski definition) is 1. The standard InChI is InChI=1S/C7H4BrO2/c8-6-3-1-2-5(4-6)7(9)10/h1-2,4H,(H,9,10). The molecule has 0 amide bonds. The molecule has 0 aromatic heterocycles. The van der Waals surface area contributed by atoms with Gasteiger partial charge in [-0.25, -0.2) is 4.79 Å². The summed E-state index contributed by atoms with van der Waals surface area (Å²) in [6, 6.07) is 7.34. The van der Waals surface area contributed by atoms with Crippen LogP contribution in [0.1, 0.15) is 10.4 Å². The molecule has 10 heavy (non-hydrogen) atoms. The predicted molar refractivity (Wildman–Crippen MR) is 39.9 cm³/mol. The number of halogens is 1. The van der Waals surface area contributed by atoms with Crippen LogP contribution in [0.25, 0.3) is 0 Å². The predicted octanol–water partition coefficient (Wildman–Crippen LogP) is 1.95. The van der Waals surface area contributed by atoms with Gasteiger partial charge in [-0.2, -0.15) is 0 Å². The quantitative estimate of drug-likeness (QED) is 0.751. The summed E-state index contributed by atoms with van der Waals surface area (Å²) in [6.45, 7) is 0. The van der Waals surface area contributed by atoms with E-state index in [1.54, 1.807) is 6.07 Å². The number of rotatable bonds is 1. The minimum absolute atomic E-state index is 0.269. The van der Waals surface area contributed by atoms with Gasteiger partial charge in [-0.3, -0.25) is 0 Å². The molecule has 1 radical (unpaired) electrons. The summed E-state index contributed by atoms with van der Waals surface area (Å²) in [5.74, 6) is -0.922. The van der Waals surface area contributed by atoms with Gasteiger partial charge in [0.2, 0.25) is 0 Å². The molecule has 51 valence electrons. The lowest BCUT2D eigenvalue weighted by molar-refractivity contribution is 0.0697. The van der Waals surface area contributed by atoms with Crippen LogP contribution in [0.5, 0.6) is 0 Å². The molecule has 0 heterocycles. The first-order chi connectivity index (χ1) is 4.70. The Labute approximate surface area is 66.6 Å². The lowest BCUT2D eigenvalue weighted by Crippen LogP contribution is -1.94. The molecule has 0 aliphatic carbocycles. The average Bonchev–Trinajstić information content (AvgIpc) is 1.88. The molecule has 0 bridgehead atoms. The molecule has 0 aliphatic heterocycles. The maximum absolute atomic E-state index is 10.3. The van der Waals surface area contributed by atoms with Crippen molar-refractivity contribution in [2.24, 2.45) is 0 Å². The average molecular weight is 200 g/mol. The fourth-order valence-electron chi connectivity index (χ4n) is 0.570. The van der Waals surface area contributed by atoms with Crippen LogP contribution in [-0.2, 0) is 0 Å². The Balaban J connectivity index is 3.07. The second-order valence-corrected chi connectivity index (χ2v) is 2.58. The summed E-state index contributed by atoms with van der Waals surface area (Å²) >= 11 is 3.11. The highest BCUT2D eigenvalue weighted by Crippen LogP contribution is 2.10. The van der Waals surface area contributed by atoms with Crippen molar-refractivity contribution in [3.63, 3.8) is 0 Å². The Morgan fingerprint density at radius 2 is 2.40 bits per heavy atom. The molecule has 1 N–H and O–H groups in total. The van der Waals surface area contributed by atoms with Gasteiger partial charge in [0, 0.05) is 4.47 Å². The van der Waals surface area contributed by atoms with Crippen molar-refractivity contribution in [3.05, 3.63) is 34.3 Å². The largest absolute Gasteiger partial charge is 0.478 e. The van der Waals surface area contributed by atoms with Crippen molar-refractivity contribution in [2.75, 3.05) is 0 Å². The van der Waals surface area contributed by atoms with Gasteiger partial charge >= 0.3 is 5.97 Å². The van der Waals surface area contributed by atoms with Crippen molar-refractivity contribution in [1.29, 1.82) is 0 Å². The summed E-state index contributed by atoms with van der Waals surface area (Å²) in [6.07, 6.45) is 0. The van der Waals surface area contributed by atoms with Crippen molar-refractivity contribution in [1.82, 2.24) is 0 Å². The number of carbonyl (C=O) groups is 1. The summed E-state index contributed by atoms with van der Waals surface area (Å²) in [4.78, 5) is 10.3. The third-order valence-corrected chi connectivity index (χ3v) is 1.47. The molecule has 0 aliphatic rings. The van der Waals surface area contributed by atoms with E-state index in [2.05, 4.69) is 22.0 Å². The Morgan fingerprint density at radius 3 is 2.80 bits per heavy atom. The van der Waals surface area contributed by atoms with E-state index in [-0.39, 0.29) is 5.56 Å². The fraction of sp³-hybridized carbons (Fsp3) is 0. The summed E-state index contributed by atoms with van der Waals surface area (Å²) in [5.41, 5.74) is 0.269. The molecule has 0 fully saturated rings. The third-order valence-electron chi connectivity index (χ3n) is 1.01. The lowest BCUT2D eigenvalue weighted by atomic mass is 10.2. The van der Waals surface area contributed by atoms with Crippen molar-refractivity contribution in [2.45, 2.75) is 0 Å². The zero-order chi connectivity index (χ0) is 7.56. The van der Waals surface area contributed by atoms with Gasteiger partial charge in [-0.15, -0.1) is 0 Å². The minimum atomic E-state index is -0.922. The Hall–Kier alpha value is -0.830. The fourth-order valence-corrected chi connectivity index (χ4v) is 0.949. The van der Waals surface area contributed by atoms with Gasteiger partial charge in [0.1, 0.15) is 0 Å². The van der Waals surface area contributed by atoms with E-state index in [1.165, 1.54) is 12.1 Å². The van der Waals surface area contributed by atoms with E-state index >= 15 is 0 Å². The van der Waals surface area contributed by atoms with Crippen molar-refractivity contribution >= 4 is 21.9 Å². The van der Waals surface area contributed by atoms with E-state index in [1.807, 2.05) is 0 Å². The maximum Gasteiger partial charge on any atom is 0.335 e. The van der Waals surface area contributed by atoms with Gasteiger partial charge in [0.25, 0.3) is 0 Å². The zero-order valence-corrected chi connectivity index (χ0v) is 6.55. The smallest absolute Gasteiger partial charge is 0.335 e. The Bertz CT molecular complexity index is 258. The molecular formula is C7H4BrO2. The van der Waals surface area contributed by atoms with Crippen molar-refractivity contribution in [3.8, 4) is 0 Å². The lowest BCUT2D eigenvalue weighted by Gasteiger charge is -1.91. The molecule has 1 rings (SSSR count). The molecule has 2 nitrogen and oxygen atoms in total. The number of aromatic carboxylic acids is 1. The van der Waals surface area contributed by atoms with Crippen LogP contribution >= 0.6 is 15.9 Å². The molecule has 0 saturated carbocycles. The van der Waals surface area contributed by atoms with Gasteiger partial charge in [-0.05, 0) is 18.2 Å². The first-order valence-corrected chi connectivity index (χ1v) is 3.40. The molecule has 0 unspecified atom stereocenters. The molecule has 0 atom stereocenters. The molecule has 0 saturated heterocycles. The van der Waals surface area contributed by atoms with E-state index in [0.29, 0.717) is 4.47 Å². The number of carboxylic acid groups (broad SMARTS) is 1. The summed E-state index contributed by atoms with van der Waals surface area (Å²) in [5, 5.41) is 8.47. The molecule has 0 spiro atoms. The summed E-state index contributed by atoms with van der Waals surface area (Å²) in [7, 11) is 0. The van der Waals surface area contributed by atoms with E-state index in [4.69, 9.17) is 5.11 Å². The molecule has 3 heteroatoms. The van der Waals surface area contributed by atoms with Gasteiger partial charge < -0.3 is 5.11 Å². The number of carboxylic acids is 1. The van der Waals surface area contributed by atoms with Crippen LogP contribution in [0.15, 0.2) is 22.7 Å². The monoisotopic (exact) mass is 199 g/mol. The molecule has 1 aromatic carbocycles. The SMILES string of the molecule is O=C(O)c1cc[c]c(Br)c1. The van der Waals surface area contributed by atoms with Gasteiger partial charge in [-0.1, -0.05) is 22.0 Å². The highest BCUT2D eigenvalue weighted by molar-refractivity contribution is 9.10. The first kappa shape index (κ1) is 7.28.